The highest BCUT2D eigenvalue weighted by Crippen LogP contribution is 2.34. The Morgan fingerprint density at radius 3 is 2.33 bits per heavy atom. The molecule has 0 aliphatic carbocycles. The standard InChI is InChI=1S/C17H24N2O2/c1-10-12(16(18)21)5-6-13(15(20)17(2,3)4)14(10)11-7-8-19-9-11/h5-6,11,19H,7-9H2,1-4H3,(H2,18,21). The summed E-state index contributed by atoms with van der Waals surface area (Å²) in [6.07, 6.45) is 0.980. The SMILES string of the molecule is Cc1c(C(N)=O)ccc(C(=O)C(C)(C)C)c1C1CCNC1. The zero-order chi connectivity index (χ0) is 15.8. The quantitative estimate of drug-likeness (QED) is 0.839. The van der Waals surface area contributed by atoms with E-state index in [9.17, 15) is 9.59 Å². The number of benzene rings is 1. The maximum Gasteiger partial charge on any atom is 0.248 e. The second-order valence-corrected chi connectivity index (χ2v) is 6.83. The summed E-state index contributed by atoms with van der Waals surface area (Å²) < 4.78 is 0. The van der Waals surface area contributed by atoms with E-state index in [1.165, 1.54) is 0 Å². The molecule has 1 aromatic rings. The first kappa shape index (κ1) is 15.7. The Morgan fingerprint density at radius 1 is 1.24 bits per heavy atom. The van der Waals surface area contributed by atoms with Gasteiger partial charge in [0.1, 0.15) is 0 Å². The average molecular weight is 288 g/mol. The van der Waals surface area contributed by atoms with Crippen molar-refractivity contribution in [1.82, 2.24) is 5.32 Å². The van der Waals surface area contributed by atoms with E-state index >= 15 is 0 Å². The van der Waals surface area contributed by atoms with Gasteiger partial charge < -0.3 is 11.1 Å². The van der Waals surface area contributed by atoms with Crippen LogP contribution in [-0.2, 0) is 0 Å². The predicted octanol–water partition coefficient (Wildman–Crippen LogP) is 2.40. The third-order valence-electron chi connectivity index (χ3n) is 4.17. The fraction of sp³-hybridized carbons (Fsp3) is 0.529. The van der Waals surface area contributed by atoms with Crippen molar-refractivity contribution < 1.29 is 9.59 Å². The van der Waals surface area contributed by atoms with Gasteiger partial charge in [0.15, 0.2) is 5.78 Å². The summed E-state index contributed by atoms with van der Waals surface area (Å²) >= 11 is 0. The van der Waals surface area contributed by atoms with Crippen molar-refractivity contribution in [3.05, 3.63) is 34.4 Å². The number of rotatable bonds is 3. The molecule has 1 amide bonds. The van der Waals surface area contributed by atoms with Crippen molar-refractivity contribution in [3.8, 4) is 0 Å². The smallest absolute Gasteiger partial charge is 0.248 e. The number of nitrogens with two attached hydrogens (primary N) is 1. The normalized spacial score (nSPS) is 18.8. The van der Waals surface area contributed by atoms with Crippen LogP contribution >= 0.6 is 0 Å². The van der Waals surface area contributed by atoms with Crippen molar-refractivity contribution in [2.24, 2.45) is 11.1 Å². The number of hydrogen-bond donors (Lipinski definition) is 2. The van der Waals surface area contributed by atoms with E-state index in [0.717, 1.165) is 36.2 Å². The Hall–Kier alpha value is -1.68. The molecule has 1 atom stereocenters. The topological polar surface area (TPSA) is 72.2 Å². The Balaban J connectivity index is 2.62. The molecular formula is C17H24N2O2. The van der Waals surface area contributed by atoms with Gasteiger partial charge >= 0.3 is 0 Å². The molecule has 0 aromatic heterocycles. The number of carbonyl (C=O) groups is 2. The van der Waals surface area contributed by atoms with Crippen molar-refractivity contribution in [1.29, 1.82) is 0 Å². The van der Waals surface area contributed by atoms with Crippen molar-refractivity contribution in [2.45, 2.75) is 40.0 Å². The molecule has 1 aliphatic rings. The van der Waals surface area contributed by atoms with Crippen molar-refractivity contribution in [2.75, 3.05) is 13.1 Å². The second-order valence-electron chi connectivity index (χ2n) is 6.83. The molecule has 1 aromatic carbocycles. The van der Waals surface area contributed by atoms with Crippen LogP contribution in [0, 0.1) is 12.3 Å². The zero-order valence-corrected chi connectivity index (χ0v) is 13.2. The van der Waals surface area contributed by atoms with Gasteiger partial charge in [0, 0.05) is 23.1 Å². The van der Waals surface area contributed by atoms with Gasteiger partial charge in [0.2, 0.25) is 5.91 Å². The van der Waals surface area contributed by atoms with E-state index in [4.69, 9.17) is 5.73 Å². The van der Waals surface area contributed by atoms with E-state index in [1.54, 1.807) is 12.1 Å². The number of amides is 1. The van der Waals surface area contributed by atoms with Crippen LogP contribution < -0.4 is 11.1 Å². The minimum absolute atomic E-state index is 0.114. The van der Waals surface area contributed by atoms with Crippen LogP contribution in [0.3, 0.4) is 0 Å². The van der Waals surface area contributed by atoms with E-state index in [2.05, 4.69) is 5.32 Å². The molecule has 0 bridgehead atoms. The molecule has 1 fully saturated rings. The van der Waals surface area contributed by atoms with Gasteiger partial charge in [0.25, 0.3) is 0 Å². The molecule has 1 aliphatic heterocycles. The third kappa shape index (κ3) is 3.00. The molecular weight excluding hydrogens is 264 g/mol. The van der Waals surface area contributed by atoms with Gasteiger partial charge in [0.05, 0.1) is 0 Å². The highest BCUT2D eigenvalue weighted by molar-refractivity contribution is 6.03. The van der Waals surface area contributed by atoms with E-state index < -0.39 is 11.3 Å². The fourth-order valence-corrected chi connectivity index (χ4v) is 3.02. The lowest BCUT2D eigenvalue weighted by Gasteiger charge is -2.24. The molecule has 3 N–H and O–H groups in total. The first-order chi connectivity index (χ1) is 9.73. The minimum Gasteiger partial charge on any atom is -0.366 e. The van der Waals surface area contributed by atoms with Crippen LogP contribution in [0.15, 0.2) is 12.1 Å². The van der Waals surface area contributed by atoms with Crippen LogP contribution in [0.4, 0.5) is 0 Å². The number of hydrogen-bond acceptors (Lipinski definition) is 3. The predicted molar refractivity (Wildman–Crippen MR) is 83.7 cm³/mol. The van der Waals surface area contributed by atoms with Crippen LogP contribution in [0.1, 0.15) is 65.0 Å². The molecule has 1 saturated heterocycles. The van der Waals surface area contributed by atoms with Crippen molar-refractivity contribution in [3.63, 3.8) is 0 Å². The summed E-state index contributed by atoms with van der Waals surface area (Å²) in [5, 5.41) is 3.32. The number of primary amides is 1. The molecule has 4 heteroatoms. The third-order valence-corrected chi connectivity index (χ3v) is 4.17. The lowest BCUT2D eigenvalue weighted by molar-refractivity contribution is 0.0856. The van der Waals surface area contributed by atoms with Crippen LogP contribution in [0.2, 0.25) is 0 Å². The maximum absolute atomic E-state index is 12.7. The molecule has 21 heavy (non-hydrogen) atoms. The summed E-state index contributed by atoms with van der Waals surface area (Å²) in [6, 6.07) is 3.46. The molecule has 1 unspecified atom stereocenters. The van der Waals surface area contributed by atoms with Gasteiger partial charge in [-0.25, -0.2) is 0 Å². The first-order valence-corrected chi connectivity index (χ1v) is 7.42. The minimum atomic E-state index is -0.443. The highest BCUT2D eigenvalue weighted by atomic mass is 16.1. The average Bonchev–Trinajstić information content (AvgIpc) is 2.89. The Labute approximate surface area is 126 Å². The lowest BCUT2D eigenvalue weighted by atomic mass is 9.79. The Bertz CT molecular complexity index is 579. The number of ketones is 1. The van der Waals surface area contributed by atoms with Gasteiger partial charge in [-0.3, -0.25) is 9.59 Å². The lowest BCUT2D eigenvalue weighted by Crippen LogP contribution is -2.25. The van der Waals surface area contributed by atoms with Crippen LogP contribution in [-0.4, -0.2) is 24.8 Å². The van der Waals surface area contributed by atoms with E-state index in [-0.39, 0.29) is 11.7 Å². The molecule has 114 valence electrons. The summed E-state index contributed by atoms with van der Waals surface area (Å²) in [7, 11) is 0. The first-order valence-electron chi connectivity index (χ1n) is 7.42. The molecule has 4 nitrogen and oxygen atoms in total. The van der Waals surface area contributed by atoms with E-state index in [0.29, 0.717) is 5.56 Å². The fourth-order valence-electron chi connectivity index (χ4n) is 3.02. The van der Waals surface area contributed by atoms with E-state index in [1.807, 2.05) is 27.7 Å². The summed E-state index contributed by atoms with van der Waals surface area (Å²) in [4.78, 5) is 24.3. The maximum atomic E-state index is 12.7. The molecule has 0 radical (unpaired) electrons. The Morgan fingerprint density at radius 2 is 1.86 bits per heavy atom. The number of nitrogens with one attached hydrogen (secondary N) is 1. The largest absolute Gasteiger partial charge is 0.366 e. The second kappa shape index (κ2) is 5.60. The van der Waals surface area contributed by atoms with Crippen LogP contribution in [0.5, 0.6) is 0 Å². The van der Waals surface area contributed by atoms with Gasteiger partial charge in [-0.05, 0) is 43.0 Å². The van der Waals surface area contributed by atoms with Crippen molar-refractivity contribution >= 4 is 11.7 Å². The monoisotopic (exact) mass is 288 g/mol. The zero-order valence-electron chi connectivity index (χ0n) is 13.2. The summed E-state index contributed by atoms with van der Waals surface area (Å²) in [5.74, 6) is -0.0522. The number of Topliss-reactive ketones (excluding diaryl/α,β-unsaturated/α-hetero) is 1. The molecule has 1 heterocycles. The van der Waals surface area contributed by atoms with Crippen LogP contribution in [0.25, 0.3) is 0 Å². The Kier molecular flexibility index (Phi) is 4.19. The molecule has 0 spiro atoms. The van der Waals surface area contributed by atoms with Gasteiger partial charge in [-0.1, -0.05) is 26.8 Å². The number of carbonyl (C=O) groups excluding carboxylic acids is 2. The van der Waals surface area contributed by atoms with Gasteiger partial charge in [-0.15, -0.1) is 0 Å². The van der Waals surface area contributed by atoms with Gasteiger partial charge in [-0.2, -0.15) is 0 Å². The summed E-state index contributed by atoms with van der Waals surface area (Å²) in [6.45, 7) is 9.44. The summed E-state index contributed by atoms with van der Waals surface area (Å²) in [5.41, 5.74) is 8.11. The molecule has 2 rings (SSSR count). The highest BCUT2D eigenvalue weighted by Gasteiger charge is 2.30. The molecule has 0 saturated carbocycles.